The lowest BCUT2D eigenvalue weighted by Crippen LogP contribution is -2.38. The third-order valence-electron chi connectivity index (χ3n) is 4.53. The topological polar surface area (TPSA) is 72.4 Å². The summed E-state index contributed by atoms with van der Waals surface area (Å²) in [5, 5.41) is 0.592. The summed E-state index contributed by atoms with van der Waals surface area (Å²) in [4.78, 5) is 8.81. The summed E-state index contributed by atoms with van der Waals surface area (Å²) in [5.41, 5.74) is 0.638. The lowest BCUT2D eigenvalue weighted by Gasteiger charge is -2.26. The zero-order valence-corrected chi connectivity index (χ0v) is 16.9. The van der Waals surface area contributed by atoms with Gasteiger partial charge >= 0.3 is 0 Å². The second kappa shape index (κ2) is 7.53. The molecule has 8 heteroatoms. The van der Waals surface area contributed by atoms with Crippen molar-refractivity contribution in [2.24, 2.45) is 0 Å². The summed E-state index contributed by atoms with van der Waals surface area (Å²) in [7, 11) is -3.85. The van der Waals surface area contributed by atoms with Gasteiger partial charge in [-0.1, -0.05) is 6.07 Å². The minimum Gasteiger partial charge on any atom is -0.376 e. The number of hydrogen-bond donors (Lipinski definition) is 0. The minimum atomic E-state index is -3.85. The summed E-state index contributed by atoms with van der Waals surface area (Å²) in [5.74, 6) is 0.370. The predicted molar refractivity (Wildman–Crippen MR) is 107 cm³/mol. The highest BCUT2D eigenvalue weighted by Gasteiger charge is 2.31. The lowest BCUT2D eigenvalue weighted by molar-refractivity contribution is 0.118. The molecule has 140 valence electrons. The van der Waals surface area contributed by atoms with Gasteiger partial charge < -0.3 is 4.74 Å². The molecule has 0 spiro atoms. The van der Waals surface area contributed by atoms with Crippen molar-refractivity contribution in [2.75, 3.05) is 17.5 Å². The number of sulfonamides is 1. The van der Waals surface area contributed by atoms with Crippen LogP contribution in [0.25, 0.3) is 10.9 Å². The van der Waals surface area contributed by atoms with Crippen molar-refractivity contribution in [2.45, 2.75) is 23.8 Å². The zero-order valence-electron chi connectivity index (χ0n) is 14.5. The molecule has 1 fully saturated rings. The van der Waals surface area contributed by atoms with E-state index in [0.717, 1.165) is 17.3 Å². The SMILES string of the molecule is O=S(=O)(c1cccc2ncccc12)N(C[C@@H]1CCCO1)c1ccc(Br)cn1. The number of benzene rings is 1. The van der Waals surface area contributed by atoms with E-state index in [9.17, 15) is 8.42 Å². The first-order valence-corrected chi connectivity index (χ1v) is 10.9. The van der Waals surface area contributed by atoms with E-state index in [1.165, 1.54) is 4.31 Å². The van der Waals surface area contributed by atoms with E-state index in [1.54, 1.807) is 54.9 Å². The Labute approximate surface area is 166 Å². The van der Waals surface area contributed by atoms with Crippen LogP contribution in [0.3, 0.4) is 0 Å². The van der Waals surface area contributed by atoms with E-state index in [2.05, 4.69) is 25.9 Å². The van der Waals surface area contributed by atoms with Crippen molar-refractivity contribution in [3.8, 4) is 0 Å². The van der Waals surface area contributed by atoms with Crippen LogP contribution in [0.4, 0.5) is 5.82 Å². The van der Waals surface area contributed by atoms with E-state index in [-0.39, 0.29) is 17.5 Å². The van der Waals surface area contributed by atoms with Crippen LogP contribution in [-0.2, 0) is 14.8 Å². The third-order valence-corrected chi connectivity index (χ3v) is 6.83. The van der Waals surface area contributed by atoms with Crippen molar-refractivity contribution in [3.05, 3.63) is 59.3 Å². The Morgan fingerprint density at radius 3 is 2.78 bits per heavy atom. The summed E-state index contributed by atoms with van der Waals surface area (Å²) >= 11 is 3.35. The van der Waals surface area contributed by atoms with E-state index in [4.69, 9.17) is 4.74 Å². The van der Waals surface area contributed by atoms with Gasteiger partial charge in [0.05, 0.1) is 23.1 Å². The maximum atomic E-state index is 13.6. The Morgan fingerprint density at radius 2 is 2.04 bits per heavy atom. The molecule has 27 heavy (non-hydrogen) atoms. The zero-order chi connectivity index (χ0) is 18.9. The number of fused-ring (bicyclic) bond motifs is 1. The molecule has 1 aliphatic rings. The molecule has 1 saturated heterocycles. The molecule has 0 aliphatic carbocycles. The maximum Gasteiger partial charge on any atom is 0.266 e. The summed E-state index contributed by atoms with van der Waals surface area (Å²) in [6, 6.07) is 12.1. The van der Waals surface area contributed by atoms with Crippen molar-refractivity contribution in [3.63, 3.8) is 0 Å². The summed E-state index contributed by atoms with van der Waals surface area (Å²) in [6.45, 7) is 0.887. The smallest absolute Gasteiger partial charge is 0.266 e. The molecule has 3 aromatic rings. The molecule has 1 aromatic carbocycles. The van der Waals surface area contributed by atoms with Crippen molar-refractivity contribution in [1.29, 1.82) is 0 Å². The largest absolute Gasteiger partial charge is 0.376 e. The fraction of sp³-hybridized carbons (Fsp3) is 0.263. The second-order valence-electron chi connectivity index (χ2n) is 6.33. The van der Waals surface area contributed by atoms with Crippen LogP contribution in [0, 0.1) is 0 Å². The van der Waals surface area contributed by atoms with Gasteiger partial charge in [0.15, 0.2) is 0 Å². The van der Waals surface area contributed by atoms with Crippen molar-refractivity contribution >= 4 is 42.7 Å². The maximum absolute atomic E-state index is 13.6. The first-order chi connectivity index (χ1) is 13.1. The highest BCUT2D eigenvalue weighted by molar-refractivity contribution is 9.10. The van der Waals surface area contributed by atoms with Gasteiger partial charge in [0.1, 0.15) is 5.82 Å². The first kappa shape index (κ1) is 18.3. The molecule has 0 amide bonds. The quantitative estimate of drug-likeness (QED) is 0.594. The average Bonchev–Trinajstić information content (AvgIpc) is 3.20. The van der Waals surface area contributed by atoms with Crippen LogP contribution < -0.4 is 4.31 Å². The minimum absolute atomic E-state index is 0.140. The Bertz CT molecular complexity index is 1050. The van der Waals surface area contributed by atoms with Crippen LogP contribution in [0.15, 0.2) is 64.2 Å². The van der Waals surface area contributed by atoms with E-state index < -0.39 is 10.0 Å². The van der Waals surface area contributed by atoms with Crippen LogP contribution in [0.2, 0.25) is 0 Å². The fourth-order valence-electron chi connectivity index (χ4n) is 3.22. The first-order valence-electron chi connectivity index (χ1n) is 8.65. The Kier molecular flexibility index (Phi) is 5.12. The molecule has 0 saturated carbocycles. The molecule has 1 atom stereocenters. The molecule has 0 radical (unpaired) electrons. The molecule has 0 bridgehead atoms. The molecule has 3 heterocycles. The average molecular weight is 448 g/mol. The van der Waals surface area contributed by atoms with Gasteiger partial charge in [-0.3, -0.25) is 4.98 Å². The van der Waals surface area contributed by atoms with Gasteiger partial charge in [0.25, 0.3) is 10.0 Å². The van der Waals surface area contributed by atoms with Gasteiger partial charge in [-0.15, -0.1) is 0 Å². The van der Waals surface area contributed by atoms with Gasteiger partial charge in [0.2, 0.25) is 0 Å². The molecule has 1 aliphatic heterocycles. The van der Waals surface area contributed by atoms with Crippen LogP contribution in [-0.4, -0.2) is 37.6 Å². The highest BCUT2D eigenvalue weighted by atomic mass is 79.9. The second-order valence-corrected chi connectivity index (χ2v) is 9.08. The molecule has 2 aromatic heterocycles. The lowest BCUT2D eigenvalue weighted by atomic mass is 10.2. The third kappa shape index (κ3) is 3.69. The highest BCUT2D eigenvalue weighted by Crippen LogP contribution is 2.29. The van der Waals surface area contributed by atoms with Gasteiger partial charge in [0, 0.05) is 28.9 Å². The molecular weight excluding hydrogens is 430 g/mol. The number of pyridine rings is 2. The Balaban J connectivity index is 1.82. The van der Waals surface area contributed by atoms with Crippen molar-refractivity contribution < 1.29 is 13.2 Å². The number of rotatable bonds is 5. The van der Waals surface area contributed by atoms with E-state index >= 15 is 0 Å². The Hall–Kier alpha value is -2.03. The van der Waals surface area contributed by atoms with Gasteiger partial charge in [-0.25, -0.2) is 17.7 Å². The standard InChI is InChI=1S/C19H18BrN3O3S/c20-14-8-9-19(22-12-14)23(13-15-4-3-11-26-15)27(24,25)18-7-1-6-17-16(18)5-2-10-21-17/h1-2,5-10,12,15H,3-4,11,13H2/t15-/m0/s1. The monoisotopic (exact) mass is 447 g/mol. The van der Waals surface area contributed by atoms with Crippen LogP contribution in [0.5, 0.6) is 0 Å². The molecule has 0 N–H and O–H groups in total. The van der Waals surface area contributed by atoms with E-state index in [0.29, 0.717) is 23.3 Å². The molecule has 0 unspecified atom stereocenters. The predicted octanol–water partition coefficient (Wildman–Crippen LogP) is 3.77. The number of nitrogens with zero attached hydrogens (tertiary/aromatic N) is 3. The van der Waals surface area contributed by atoms with Gasteiger partial charge in [-0.05, 0) is 65.2 Å². The van der Waals surface area contributed by atoms with Crippen LogP contribution in [0.1, 0.15) is 12.8 Å². The van der Waals surface area contributed by atoms with Gasteiger partial charge in [-0.2, -0.15) is 0 Å². The molecule has 4 rings (SSSR count). The molecular formula is C19H18BrN3O3S. The summed E-state index contributed by atoms with van der Waals surface area (Å²) < 4.78 is 35.0. The fourth-order valence-corrected chi connectivity index (χ4v) is 5.11. The van der Waals surface area contributed by atoms with E-state index in [1.807, 2.05) is 0 Å². The normalized spacial score (nSPS) is 17.3. The summed E-state index contributed by atoms with van der Waals surface area (Å²) in [6.07, 6.45) is 4.87. The number of anilines is 1. The van der Waals surface area contributed by atoms with Crippen molar-refractivity contribution in [1.82, 2.24) is 9.97 Å². The number of ether oxygens (including phenoxy) is 1. The van der Waals surface area contributed by atoms with Crippen LogP contribution >= 0.6 is 15.9 Å². The number of halogens is 1. The number of hydrogen-bond acceptors (Lipinski definition) is 5. The Morgan fingerprint density at radius 1 is 1.15 bits per heavy atom. The molecule has 6 nitrogen and oxygen atoms in total. The number of aromatic nitrogens is 2.